The summed E-state index contributed by atoms with van der Waals surface area (Å²) in [6.07, 6.45) is 3.17. The molecular weight excluding hydrogens is 448 g/mol. The van der Waals surface area contributed by atoms with E-state index in [9.17, 15) is 9.59 Å². The number of amides is 2. The van der Waals surface area contributed by atoms with Gasteiger partial charge in [-0.05, 0) is 80.6 Å². The highest BCUT2D eigenvalue weighted by molar-refractivity contribution is 6.25. The number of ether oxygens (including phenoxy) is 1. The number of fused-ring (bicyclic) bond motifs is 2. The van der Waals surface area contributed by atoms with Gasteiger partial charge in [-0.25, -0.2) is 4.90 Å². The summed E-state index contributed by atoms with van der Waals surface area (Å²) in [5, 5.41) is 13.7. The molecule has 178 valence electrons. The monoisotopic (exact) mass is 472 g/mol. The zero-order valence-corrected chi connectivity index (χ0v) is 19.4. The van der Waals surface area contributed by atoms with E-state index in [4.69, 9.17) is 9.26 Å². The van der Waals surface area contributed by atoms with Gasteiger partial charge in [0.25, 0.3) is 11.8 Å². The van der Waals surface area contributed by atoms with E-state index in [1.807, 2.05) is 56.3 Å². The predicted molar refractivity (Wildman–Crippen MR) is 124 cm³/mol. The Morgan fingerprint density at radius 1 is 1.06 bits per heavy atom. The minimum absolute atomic E-state index is 0.0727. The van der Waals surface area contributed by atoms with Gasteiger partial charge in [-0.15, -0.1) is 0 Å². The van der Waals surface area contributed by atoms with Crippen molar-refractivity contribution >= 4 is 17.5 Å². The van der Waals surface area contributed by atoms with Gasteiger partial charge in [0, 0.05) is 5.56 Å². The highest BCUT2D eigenvalue weighted by Gasteiger charge is 2.55. The second-order valence-electron chi connectivity index (χ2n) is 9.21. The van der Waals surface area contributed by atoms with Crippen LogP contribution in [0.4, 0.5) is 5.69 Å². The molecule has 1 fully saturated rings. The van der Waals surface area contributed by atoms with E-state index >= 15 is 0 Å². The molecule has 2 amide bonds. The minimum Gasteiger partial charge on any atom is -0.491 e. The first-order chi connectivity index (χ1) is 17.0. The molecule has 0 radical (unpaired) electrons. The van der Waals surface area contributed by atoms with Crippen molar-refractivity contribution in [2.75, 3.05) is 4.90 Å². The van der Waals surface area contributed by atoms with Gasteiger partial charge in [0.2, 0.25) is 11.7 Å². The van der Waals surface area contributed by atoms with Crippen molar-refractivity contribution in [2.45, 2.75) is 57.8 Å². The number of hydrogen-bond donors (Lipinski definition) is 0. The second-order valence-corrected chi connectivity index (χ2v) is 9.21. The van der Waals surface area contributed by atoms with Gasteiger partial charge in [-0.3, -0.25) is 14.6 Å². The SMILES string of the molecule is CC(C)Oc1ccc(-c2noc(CN3N=N[C@@H]4C(=O)N(c5ccc6c(c5)CCC6)C(=O)[C@@H]43)n2)cc1. The molecule has 1 aromatic heterocycles. The Labute approximate surface area is 201 Å². The molecule has 3 aliphatic rings. The topological polar surface area (TPSA) is 113 Å². The van der Waals surface area contributed by atoms with Gasteiger partial charge in [-0.1, -0.05) is 16.4 Å². The van der Waals surface area contributed by atoms with Crippen LogP contribution >= 0.6 is 0 Å². The largest absolute Gasteiger partial charge is 0.491 e. The smallest absolute Gasteiger partial charge is 0.263 e. The molecule has 2 aromatic carbocycles. The van der Waals surface area contributed by atoms with E-state index in [-0.39, 0.29) is 30.4 Å². The van der Waals surface area contributed by atoms with E-state index < -0.39 is 12.1 Å². The van der Waals surface area contributed by atoms with Crippen LogP contribution in [-0.2, 0) is 29.0 Å². The highest BCUT2D eigenvalue weighted by atomic mass is 16.5. The summed E-state index contributed by atoms with van der Waals surface area (Å²) in [6.45, 7) is 4.00. The molecule has 3 aromatic rings. The molecular formula is C25H24N6O4. The summed E-state index contributed by atoms with van der Waals surface area (Å²) < 4.78 is 11.1. The number of imide groups is 1. The third-order valence-electron chi connectivity index (χ3n) is 6.45. The summed E-state index contributed by atoms with van der Waals surface area (Å²) in [5.74, 6) is 0.742. The molecule has 6 rings (SSSR count). The van der Waals surface area contributed by atoms with Crippen LogP contribution < -0.4 is 9.64 Å². The summed E-state index contributed by atoms with van der Waals surface area (Å²) in [5.41, 5.74) is 3.84. The fraction of sp³-hybridized carbons (Fsp3) is 0.360. The van der Waals surface area contributed by atoms with Crippen molar-refractivity contribution in [1.82, 2.24) is 15.1 Å². The van der Waals surface area contributed by atoms with E-state index in [1.165, 1.54) is 21.0 Å². The van der Waals surface area contributed by atoms with Crippen LogP contribution in [-0.4, -0.2) is 45.2 Å². The summed E-state index contributed by atoms with van der Waals surface area (Å²) in [7, 11) is 0. The lowest BCUT2D eigenvalue weighted by Crippen LogP contribution is -2.39. The Bertz CT molecular complexity index is 1330. The number of benzene rings is 2. The van der Waals surface area contributed by atoms with Crippen molar-refractivity contribution in [2.24, 2.45) is 10.3 Å². The first-order valence-electron chi connectivity index (χ1n) is 11.7. The van der Waals surface area contributed by atoms with Crippen LogP contribution in [0.3, 0.4) is 0 Å². The molecule has 2 aliphatic heterocycles. The number of rotatable bonds is 6. The van der Waals surface area contributed by atoms with E-state index in [1.54, 1.807) is 0 Å². The third-order valence-corrected chi connectivity index (χ3v) is 6.45. The van der Waals surface area contributed by atoms with Crippen molar-refractivity contribution in [1.29, 1.82) is 0 Å². The molecule has 10 nitrogen and oxygen atoms in total. The molecule has 35 heavy (non-hydrogen) atoms. The zero-order chi connectivity index (χ0) is 24.1. The van der Waals surface area contributed by atoms with Crippen LogP contribution in [0.15, 0.2) is 57.3 Å². The third kappa shape index (κ3) is 3.74. The molecule has 0 bridgehead atoms. The van der Waals surface area contributed by atoms with Crippen LogP contribution in [0, 0.1) is 0 Å². The Hall–Kier alpha value is -4.08. The van der Waals surface area contributed by atoms with Crippen molar-refractivity contribution in [3.63, 3.8) is 0 Å². The van der Waals surface area contributed by atoms with Gasteiger partial charge < -0.3 is 9.26 Å². The van der Waals surface area contributed by atoms with Crippen molar-refractivity contribution in [3.8, 4) is 17.1 Å². The van der Waals surface area contributed by atoms with Crippen molar-refractivity contribution in [3.05, 3.63) is 59.5 Å². The first-order valence-corrected chi connectivity index (χ1v) is 11.7. The van der Waals surface area contributed by atoms with Crippen molar-refractivity contribution < 1.29 is 18.8 Å². The molecule has 10 heteroatoms. The quantitative estimate of drug-likeness (QED) is 0.505. The molecule has 0 spiro atoms. The summed E-state index contributed by atoms with van der Waals surface area (Å²) in [6, 6.07) is 11.5. The van der Waals surface area contributed by atoms with E-state index in [0.29, 0.717) is 11.5 Å². The number of anilines is 1. The van der Waals surface area contributed by atoms with Gasteiger partial charge in [0.05, 0.1) is 11.8 Å². The summed E-state index contributed by atoms with van der Waals surface area (Å²) in [4.78, 5) is 32.0. The number of carbonyl (C=O) groups excluding carboxylic acids is 2. The van der Waals surface area contributed by atoms with Gasteiger partial charge in [0.1, 0.15) is 12.3 Å². The number of aryl methyl sites for hydroxylation is 2. The maximum absolute atomic E-state index is 13.3. The van der Waals surface area contributed by atoms with Gasteiger partial charge in [-0.2, -0.15) is 10.1 Å². The van der Waals surface area contributed by atoms with Gasteiger partial charge in [0.15, 0.2) is 12.1 Å². The van der Waals surface area contributed by atoms with E-state index in [2.05, 4.69) is 20.5 Å². The molecule has 2 atom stereocenters. The molecule has 1 aliphatic carbocycles. The lowest BCUT2D eigenvalue weighted by Gasteiger charge is -2.19. The molecule has 0 saturated carbocycles. The fourth-order valence-corrected chi connectivity index (χ4v) is 4.84. The average molecular weight is 473 g/mol. The molecule has 1 saturated heterocycles. The maximum atomic E-state index is 13.3. The van der Waals surface area contributed by atoms with Gasteiger partial charge >= 0.3 is 0 Å². The highest BCUT2D eigenvalue weighted by Crippen LogP contribution is 2.35. The number of nitrogens with zero attached hydrogens (tertiary/aromatic N) is 6. The first kappa shape index (κ1) is 21.5. The lowest BCUT2D eigenvalue weighted by atomic mass is 10.1. The predicted octanol–water partition coefficient (Wildman–Crippen LogP) is 3.51. The zero-order valence-electron chi connectivity index (χ0n) is 19.4. The van der Waals surface area contributed by atoms with Crippen LogP contribution in [0.1, 0.15) is 37.3 Å². The van der Waals surface area contributed by atoms with Crippen LogP contribution in [0.2, 0.25) is 0 Å². The maximum Gasteiger partial charge on any atom is 0.263 e. The second kappa shape index (κ2) is 8.30. The lowest BCUT2D eigenvalue weighted by molar-refractivity contribution is -0.123. The minimum atomic E-state index is -0.869. The Balaban J connectivity index is 1.18. The molecule has 3 heterocycles. The fourth-order valence-electron chi connectivity index (χ4n) is 4.84. The normalized spacial score (nSPS) is 20.8. The van der Waals surface area contributed by atoms with Crippen LogP contribution in [0.25, 0.3) is 11.4 Å². The van der Waals surface area contributed by atoms with E-state index in [0.717, 1.165) is 30.6 Å². The molecule has 0 N–H and O–H groups in total. The number of aromatic nitrogens is 2. The summed E-state index contributed by atoms with van der Waals surface area (Å²) >= 11 is 0. The Kier molecular flexibility index (Phi) is 5.09. The number of carbonyl (C=O) groups is 2. The average Bonchev–Trinajstić information content (AvgIpc) is 3.61. The standard InChI is InChI=1S/C25H24N6O4/c1-14(2)34-19-10-7-16(8-11-19)23-26-20(35-28-23)13-30-22-21(27-29-30)24(32)31(25(22)33)18-9-6-15-4-3-5-17(15)12-18/h6-12,14,21-22H,3-5,13H2,1-2H3/t21-,22+/m0/s1. The van der Waals surface area contributed by atoms with Crippen LogP contribution in [0.5, 0.6) is 5.75 Å². The number of hydrogen-bond acceptors (Lipinski definition) is 9. The molecule has 0 unspecified atom stereocenters. The Morgan fingerprint density at radius 2 is 1.86 bits per heavy atom. The Morgan fingerprint density at radius 3 is 2.66 bits per heavy atom.